The number of aliphatic hydroxyl groups excluding tert-OH is 1. The molecule has 6 rings (SSSR count). The van der Waals surface area contributed by atoms with Gasteiger partial charge in [0.25, 0.3) is 5.91 Å². The molecule has 11 nitrogen and oxygen atoms in total. The second kappa shape index (κ2) is 12.2. The van der Waals surface area contributed by atoms with Crippen molar-refractivity contribution in [3.63, 3.8) is 0 Å². The first kappa shape index (κ1) is 32.2. The number of carboxylic acid groups (broad SMARTS) is 1. The predicted octanol–water partition coefficient (Wildman–Crippen LogP) is 3.45. The SMILES string of the molecule is C[C@]12CC/C(=N/OCC(=O)NCC(=O)N[C@@H](Cc3c[nH]c4ccccc34)C(=O)O)C=C1CC[C@@H]1[C@@H]2[C@H](O)C[C@@]2(C)[C@H]1CC[C@]2(C)O. The van der Waals surface area contributed by atoms with Crippen molar-refractivity contribution in [1.82, 2.24) is 15.6 Å². The van der Waals surface area contributed by atoms with E-state index >= 15 is 0 Å². The van der Waals surface area contributed by atoms with Crippen LogP contribution in [-0.2, 0) is 25.6 Å². The van der Waals surface area contributed by atoms with Crippen molar-refractivity contribution in [3.05, 3.63) is 47.7 Å². The van der Waals surface area contributed by atoms with Gasteiger partial charge in [0.15, 0.2) is 6.61 Å². The number of aromatic amines is 1. The number of aliphatic hydroxyl groups is 2. The van der Waals surface area contributed by atoms with Gasteiger partial charge in [-0.1, -0.05) is 42.8 Å². The molecule has 1 heterocycles. The van der Waals surface area contributed by atoms with Crippen LogP contribution >= 0.6 is 0 Å². The summed E-state index contributed by atoms with van der Waals surface area (Å²) in [6.45, 7) is 5.61. The molecule has 0 radical (unpaired) electrons. The summed E-state index contributed by atoms with van der Waals surface area (Å²) in [5.41, 5.74) is 2.49. The smallest absolute Gasteiger partial charge is 0.326 e. The van der Waals surface area contributed by atoms with Crippen LogP contribution in [0.1, 0.15) is 71.3 Å². The highest BCUT2D eigenvalue weighted by Gasteiger charge is 2.64. The number of carbonyl (C=O) groups is 3. The predicted molar refractivity (Wildman–Crippen MR) is 172 cm³/mol. The van der Waals surface area contributed by atoms with Gasteiger partial charge in [-0.25, -0.2) is 4.79 Å². The number of aromatic nitrogens is 1. The largest absolute Gasteiger partial charge is 0.480 e. The minimum absolute atomic E-state index is 0.0939. The molecule has 0 saturated heterocycles. The maximum Gasteiger partial charge on any atom is 0.326 e. The van der Waals surface area contributed by atoms with Crippen molar-refractivity contribution in [1.29, 1.82) is 0 Å². The number of carbonyl (C=O) groups excluding carboxylic acids is 2. The van der Waals surface area contributed by atoms with Crippen LogP contribution in [0.4, 0.5) is 0 Å². The number of benzene rings is 1. The van der Waals surface area contributed by atoms with Crippen LogP contribution in [-0.4, -0.2) is 74.7 Å². The summed E-state index contributed by atoms with van der Waals surface area (Å²) in [6.07, 6.45) is 9.19. The summed E-state index contributed by atoms with van der Waals surface area (Å²) in [5.74, 6) is -1.41. The molecule has 4 aliphatic carbocycles. The van der Waals surface area contributed by atoms with Gasteiger partial charge in [-0.3, -0.25) is 9.59 Å². The molecule has 2 aromatic rings. The molecule has 4 aliphatic rings. The van der Waals surface area contributed by atoms with Crippen molar-refractivity contribution in [3.8, 4) is 0 Å². The van der Waals surface area contributed by atoms with Crippen LogP contribution in [0, 0.1) is 28.6 Å². The van der Waals surface area contributed by atoms with Crippen LogP contribution in [0.15, 0.2) is 47.3 Å². The fourth-order valence-electron chi connectivity index (χ4n) is 9.36. The van der Waals surface area contributed by atoms with Crippen molar-refractivity contribution in [2.24, 2.45) is 33.7 Å². The zero-order valence-electron chi connectivity index (χ0n) is 26.8. The van der Waals surface area contributed by atoms with Gasteiger partial charge >= 0.3 is 5.97 Å². The fourth-order valence-corrected chi connectivity index (χ4v) is 9.36. The fraction of sp³-hybridized carbons (Fsp3) is 0.600. The molecule has 248 valence electrons. The molecule has 0 bridgehead atoms. The number of H-pyrrole nitrogens is 1. The molecule has 0 unspecified atom stereocenters. The molecule has 46 heavy (non-hydrogen) atoms. The highest BCUT2D eigenvalue weighted by Crippen LogP contribution is 2.67. The number of oxime groups is 1. The van der Waals surface area contributed by atoms with Gasteiger partial charge in [0, 0.05) is 28.9 Å². The van der Waals surface area contributed by atoms with Crippen molar-refractivity contribution in [2.75, 3.05) is 13.2 Å². The molecular weight excluding hydrogens is 588 g/mol. The van der Waals surface area contributed by atoms with Gasteiger partial charge in [-0.2, -0.15) is 0 Å². The Morgan fingerprint density at radius 1 is 1.11 bits per heavy atom. The number of carboxylic acids is 1. The second-order valence-electron chi connectivity index (χ2n) is 14.6. The van der Waals surface area contributed by atoms with Crippen LogP contribution in [0.2, 0.25) is 0 Å². The Morgan fingerprint density at radius 3 is 2.67 bits per heavy atom. The standard InChI is InChI=1S/C35H46N4O7/c1-33-12-10-22(15-21(33)8-9-24-25-11-13-35(3,45)34(25,2)16-28(40)31(24)33)39-46-19-30(42)37-18-29(41)38-27(32(43)44)14-20-17-36-26-7-5-4-6-23(20)26/h4-7,15,17,24-25,27-28,31,36,40,45H,8-14,16,18-19H2,1-3H3,(H,37,42)(H,38,41)(H,43,44)/b39-22-/t24-,25-,27-,28+,31+,33-,34-,35-/m0/s1. The lowest BCUT2D eigenvalue weighted by molar-refractivity contribution is -0.164. The van der Waals surface area contributed by atoms with Crippen LogP contribution in [0.5, 0.6) is 0 Å². The summed E-state index contributed by atoms with van der Waals surface area (Å²) >= 11 is 0. The van der Waals surface area contributed by atoms with E-state index in [1.54, 1.807) is 6.20 Å². The number of para-hydroxylation sites is 1. The summed E-state index contributed by atoms with van der Waals surface area (Å²) < 4.78 is 0. The third-order valence-electron chi connectivity index (χ3n) is 12.0. The van der Waals surface area contributed by atoms with Gasteiger partial charge in [-0.15, -0.1) is 0 Å². The van der Waals surface area contributed by atoms with Gasteiger partial charge in [0.1, 0.15) is 6.04 Å². The van der Waals surface area contributed by atoms with E-state index < -0.39 is 35.5 Å². The van der Waals surface area contributed by atoms with E-state index in [1.807, 2.05) is 31.2 Å². The van der Waals surface area contributed by atoms with E-state index in [9.17, 15) is 29.7 Å². The Labute approximate surface area is 268 Å². The molecule has 11 heteroatoms. The Kier molecular flexibility index (Phi) is 8.52. The molecular formula is C35H46N4O7. The lowest BCUT2D eigenvalue weighted by atomic mass is 9.45. The Hall–Kier alpha value is -3.70. The first-order valence-electron chi connectivity index (χ1n) is 16.5. The van der Waals surface area contributed by atoms with Gasteiger partial charge in [0.05, 0.1) is 24.0 Å². The lowest BCUT2D eigenvalue weighted by Gasteiger charge is -2.60. The highest BCUT2D eigenvalue weighted by molar-refractivity contribution is 5.96. The molecule has 1 aromatic carbocycles. The lowest BCUT2D eigenvalue weighted by Crippen LogP contribution is -2.59. The molecule has 0 spiro atoms. The normalized spacial score (nSPS) is 35.0. The van der Waals surface area contributed by atoms with E-state index in [2.05, 4.69) is 40.7 Å². The number of allylic oxidation sites excluding steroid dienone is 2. The average molecular weight is 635 g/mol. The van der Waals surface area contributed by atoms with Crippen molar-refractivity contribution >= 4 is 34.4 Å². The van der Waals surface area contributed by atoms with Gasteiger partial charge in [-0.05, 0) is 92.7 Å². The number of fused-ring (bicyclic) bond motifs is 6. The van der Waals surface area contributed by atoms with Gasteiger partial charge < -0.3 is 35.8 Å². The van der Waals surface area contributed by atoms with E-state index in [-0.39, 0.29) is 36.3 Å². The number of nitrogens with zero attached hydrogens (tertiary/aromatic N) is 1. The van der Waals surface area contributed by atoms with Crippen molar-refractivity contribution < 1.29 is 34.5 Å². The Balaban J connectivity index is 0.998. The number of amides is 2. The molecule has 6 N–H and O–H groups in total. The Morgan fingerprint density at radius 2 is 1.89 bits per heavy atom. The molecule has 3 fully saturated rings. The van der Waals surface area contributed by atoms with Crippen LogP contribution < -0.4 is 10.6 Å². The molecule has 1 aromatic heterocycles. The topological polar surface area (TPSA) is 173 Å². The third-order valence-corrected chi connectivity index (χ3v) is 12.0. The maximum atomic E-state index is 12.5. The van der Waals surface area contributed by atoms with E-state index in [0.29, 0.717) is 24.7 Å². The minimum atomic E-state index is -1.17. The molecule has 3 saturated carbocycles. The molecule has 2 amide bonds. The maximum absolute atomic E-state index is 12.5. The number of aliphatic carboxylic acids is 1. The first-order chi connectivity index (χ1) is 21.8. The average Bonchev–Trinajstić information content (AvgIpc) is 3.52. The summed E-state index contributed by atoms with van der Waals surface area (Å²) in [6, 6.07) is 6.37. The van der Waals surface area contributed by atoms with Gasteiger partial charge in [0.2, 0.25) is 5.91 Å². The highest BCUT2D eigenvalue weighted by atomic mass is 16.6. The summed E-state index contributed by atoms with van der Waals surface area (Å²) in [4.78, 5) is 45.1. The third kappa shape index (κ3) is 5.72. The minimum Gasteiger partial charge on any atom is -0.480 e. The molecule has 8 atom stereocenters. The number of hydrogen-bond donors (Lipinski definition) is 6. The number of rotatable bonds is 9. The number of nitrogens with one attached hydrogen (secondary N) is 3. The van der Waals surface area contributed by atoms with Crippen molar-refractivity contribution in [2.45, 2.75) is 89.9 Å². The van der Waals surface area contributed by atoms with E-state index in [4.69, 9.17) is 4.84 Å². The number of hydrogen-bond acceptors (Lipinski definition) is 7. The zero-order chi connectivity index (χ0) is 32.9. The summed E-state index contributed by atoms with van der Waals surface area (Å²) in [7, 11) is 0. The van der Waals surface area contributed by atoms with E-state index in [1.165, 1.54) is 5.57 Å². The Bertz CT molecular complexity index is 1580. The van der Waals surface area contributed by atoms with Crippen LogP contribution in [0.3, 0.4) is 0 Å². The second-order valence-corrected chi connectivity index (χ2v) is 14.6. The first-order valence-corrected chi connectivity index (χ1v) is 16.5. The summed E-state index contributed by atoms with van der Waals surface area (Å²) in [5, 5.41) is 42.4. The molecule has 0 aliphatic heterocycles. The quantitative estimate of drug-likeness (QED) is 0.229. The van der Waals surface area contributed by atoms with E-state index in [0.717, 1.165) is 54.3 Å². The zero-order valence-corrected chi connectivity index (χ0v) is 26.8. The monoisotopic (exact) mass is 634 g/mol. The van der Waals surface area contributed by atoms with Crippen LogP contribution in [0.25, 0.3) is 10.9 Å².